The summed E-state index contributed by atoms with van der Waals surface area (Å²) < 4.78 is 102. The number of fused-ring (bicyclic) bond motifs is 5. The maximum atomic E-state index is 15.6. The number of hydrogen-bond acceptors (Lipinski definition) is 34. The number of anilines is 1. The van der Waals surface area contributed by atoms with E-state index in [0.717, 1.165) is 0 Å². The average Bonchev–Trinajstić information content (AvgIpc) is 1.54. The molecule has 138 heavy (non-hydrogen) atoms. The van der Waals surface area contributed by atoms with Crippen molar-refractivity contribution in [2.45, 2.75) is 205 Å². The third-order valence-electron chi connectivity index (χ3n) is 22.5. The van der Waals surface area contributed by atoms with Gasteiger partial charge in [0.25, 0.3) is 5.56 Å². The molecule has 0 saturated carbocycles. The van der Waals surface area contributed by atoms with Gasteiger partial charge in [0.1, 0.15) is 61.1 Å². The number of nitrogens with two attached hydrogens (primary N) is 1. The lowest BCUT2D eigenvalue weighted by atomic mass is 9.81. The van der Waals surface area contributed by atoms with Gasteiger partial charge in [-0.1, -0.05) is 38.1 Å². The molecule has 0 unspecified atom stereocenters. The van der Waals surface area contributed by atoms with E-state index in [1.54, 1.807) is 83.5 Å². The van der Waals surface area contributed by atoms with E-state index in [1.165, 1.54) is 16.8 Å². The van der Waals surface area contributed by atoms with E-state index in [1.807, 2.05) is 0 Å². The Morgan fingerprint density at radius 3 is 1.72 bits per heavy atom. The van der Waals surface area contributed by atoms with Gasteiger partial charge in [0.15, 0.2) is 5.60 Å². The number of benzene rings is 2. The highest BCUT2D eigenvalue weighted by Gasteiger charge is 2.47. The molecule has 9 atom stereocenters. The molecule has 5 aromatic rings. The highest BCUT2D eigenvalue weighted by atomic mass is 19.1. The fraction of sp³-hybridized carbons (Fsp3) is 0.663. The molecule has 16 N–H and O–H groups in total. The lowest BCUT2D eigenvalue weighted by molar-refractivity contribution is -0.172. The SMILES string of the molecule is CC[C@@]1(O)C(=O)OCc2c1cc1n(c2=O)Cc2c-1nc1cc(F)c(C)c3c1c2[C@@H](NC(=O)OCc1ccc(NC(=O)[C@H](CCCNC(N)=O)NC(=O)[C@@H](NC(=O)[C@H](CCCCNC(=O)CCOCCOCCOCCOCCOCCOCCOCCOCCOCCOCCOCCOCCn2nncc2CCC(=O)NC[C@H](O)[C@@H](O)[C@H](O)[C@H](O)CO)NC(=O)OC(C)(C)C)C(C)C)cc1)CC3. The van der Waals surface area contributed by atoms with Gasteiger partial charge < -0.3 is 155 Å². The fourth-order valence-corrected chi connectivity index (χ4v) is 15.0. The molecule has 1 aliphatic carbocycles. The maximum absolute atomic E-state index is 15.6. The number of rotatable bonds is 69. The number of amides is 9. The van der Waals surface area contributed by atoms with Gasteiger partial charge in [0.05, 0.1) is 225 Å². The second kappa shape index (κ2) is 60.0. The number of pyridine rings is 2. The molecule has 0 radical (unpaired) electrons. The number of cyclic esters (lactones) is 1. The van der Waals surface area contributed by atoms with Gasteiger partial charge >= 0.3 is 24.2 Å². The Morgan fingerprint density at radius 1 is 0.630 bits per heavy atom. The van der Waals surface area contributed by atoms with Crippen molar-refractivity contribution in [1.82, 2.24) is 61.8 Å². The minimum Gasteiger partial charge on any atom is -0.458 e. The zero-order chi connectivity index (χ0) is 99.9. The number of unbranched alkanes of at least 4 members (excludes halogenated alkanes) is 1. The molecule has 45 nitrogen and oxygen atoms in total. The number of aryl methyl sites for hydroxylation is 2. The lowest BCUT2D eigenvalue weighted by Gasteiger charge is -2.31. The number of primary amides is 1. The number of halogens is 1. The van der Waals surface area contributed by atoms with E-state index >= 15 is 4.39 Å². The van der Waals surface area contributed by atoms with Crippen molar-refractivity contribution in [1.29, 1.82) is 0 Å². The Hall–Kier alpha value is -10.2. The van der Waals surface area contributed by atoms with Crippen LogP contribution in [-0.2, 0) is 145 Å². The summed E-state index contributed by atoms with van der Waals surface area (Å²) in [5.74, 6) is -4.68. The van der Waals surface area contributed by atoms with Crippen molar-refractivity contribution in [2.75, 3.05) is 190 Å². The van der Waals surface area contributed by atoms with Crippen LogP contribution in [0.4, 0.5) is 24.5 Å². The highest BCUT2D eigenvalue weighted by molar-refractivity contribution is 5.99. The van der Waals surface area contributed by atoms with Crippen molar-refractivity contribution >= 4 is 70.3 Å². The molecule has 46 heteroatoms. The zero-order valence-corrected chi connectivity index (χ0v) is 79.7. The summed E-state index contributed by atoms with van der Waals surface area (Å²) in [5, 5.41) is 89.7. The predicted octanol–water partition coefficient (Wildman–Crippen LogP) is 0.999. The van der Waals surface area contributed by atoms with E-state index in [2.05, 4.69) is 52.8 Å². The molecule has 2 aromatic carbocycles. The summed E-state index contributed by atoms with van der Waals surface area (Å²) in [6, 6.07) is 4.11. The van der Waals surface area contributed by atoms with E-state index < -0.39 is 132 Å². The first-order valence-corrected chi connectivity index (χ1v) is 46.8. The zero-order valence-electron chi connectivity index (χ0n) is 79.7. The molecule has 0 saturated heterocycles. The molecule has 0 fully saturated rings. The first-order valence-electron chi connectivity index (χ1n) is 46.8. The number of aromatic nitrogens is 5. The number of alkyl carbamates (subject to hydrolysis) is 2. The van der Waals surface area contributed by atoms with Crippen LogP contribution in [0.1, 0.15) is 150 Å². The maximum Gasteiger partial charge on any atom is 0.408 e. The van der Waals surface area contributed by atoms with Gasteiger partial charge in [-0.2, -0.15) is 0 Å². The van der Waals surface area contributed by atoms with E-state index in [9.17, 15) is 73.5 Å². The number of nitrogens with one attached hydrogen (secondary N) is 8. The summed E-state index contributed by atoms with van der Waals surface area (Å²) in [5.41, 5.74) is 6.94. The van der Waals surface area contributed by atoms with Crippen LogP contribution in [0.15, 0.2) is 47.4 Å². The number of esters is 1. The summed E-state index contributed by atoms with van der Waals surface area (Å²) in [6.45, 7) is 19.4. The van der Waals surface area contributed by atoms with Gasteiger partial charge in [0, 0.05) is 60.7 Å². The molecule has 0 spiro atoms. The Labute approximate surface area is 799 Å². The molecule has 770 valence electrons. The Morgan fingerprint density at radius 2 is 1.17 bits per heavy atom. The number of carbonyl (C=O) groups excluding carboxylic acids is 9. The average molecular weight is 1960 g/mol. The van der Waals surface area contributed by atoms with Crippen LogP contribution in [0.2, 0.25) is 0 Å². The molecular weight excluding hydrogens is 1820 g/mol. The predicted molar refractivity (Wildman–Crippen MR) is 491 cm³/mol. The van der Waals surface area contributed by atoms with Crippen molar-refractivity contribution in [2.24, 2.45) is 11.7 Å². The standard InChI is InChI=1S/C92H139FN14O31/c1-8-92(123)66-50-72-80-64(54-106(72)86(118)65(66)57-136-87(92)119)78-68(20-19-63-59(4)67(93)51-71(100-80)77(63)78)102-89(121)137-56-60-14-16-61(17-15-60)99-83(115)69(13-11-24-96-88(94)120)101-85(117)79(58(2)3)104-84(116)70(103-90(122)138-91(5,6)7)12-9-10-23-95-76(112)22-26-124-28-30-126-32-34-128-36-38-130-40-42-132-44-46-134-48-49-135-47-45-133-43-41-131-39-37-129-35-33-127-31-29-125-27-25-107-62(52-98-105-107)18-21-75(111)97-53-73(109)81(113)82(114)74(110)55-108/h14-17,50-52,58,68-70,73-74,79,81-82,108-110,113-114,123H,8-13,18-49,53-57H2,1-7H3,(H,95,112)(H,97,111)(H,99,115)(H,101,117)(H,102,121)(H,103,122)(H,104,116)(H3,94,96,120)/t68-,69-,70-,73-,74+,79-,81+,82+,92-/m0/s1. The molecule has 3 aromatic heterocycles. The molecule has 0 bridgehead atoms. The third-order valence-corrected chi connectivity index (χ3v) is 22.5. The topological polar surface area (TPSA) is 601 Å². The van der Waals surface area contributed by atoms with Gasteiger partial charge in [-0.3, -0.25) is 28.8 Å². The lowest BCUT2D eigenvalue weighted by Crippen LogP contribution is -2.58. The molecular formula is C92H139FN14O31. The van der Waals surface area contributed by atoms with Crippen molar-refractivity contribution in [3.05, 3.63) is 103 Å². The number of aliphatic hydroxyl groups excluding tert-OH is 5. The largest absolute Gasteiger partial charge is 0.458 e. The summed E-state index contributed by atoms with van der Waals surface area (Å²) in [7, 11) is 0. The number of carbonyl (C=O) groups is 9. The van der Waals surface area contributed by atoms with Gasteiger partial charge in [0.2, 0.25) is 29.5 Å². The number of urea groups is 1. The molecule has 2 aliphatic heterocycles. The second-order valence-electron chi connectivity index (χ2n) is 34.2. The fourth-order valence-electron chi connectivity index (χ4n) is 15.0. The molecule has 9 amide bonds. The highest BCUT2D eigenvalue weighted by Crippen LogP contribution is 2.46. The van der Waals surface area contributed by atoms with Crippen molar-refractivity contribution < 1.29 is 149 Å². The molecule has 5 heterocycles. The Kier molecular flexibility index (Phi) is 49.2. The second-order valence-corrected chi connectivity index (χ2v) is 34.2. The van der Waals surface area contributed by atoms with Crippen molar-refractivity contribution in [3.63, 3.8) is 0 Å². The van der Waals surface area contributed by atoms with Crippen LogP contribution < -0.4 is 53.8 Å². The van der Waals surface area contributed by atoms with Crippen LogP contribution in [0.3, 0.4) is 0 Å². The van der Waals surface area contributed by atoms with Gasteiger partial charge in [-0.25, -0.2) is 33.2 Å². The quantitative estimate of drug-likeness (QED) is 0.0144. The van der Waals surface area contributed by atoms with E-state index in [-0.39, 0.29) is 115 Å². The number of hydrogen-bond donors (Lipinski definition) is 15. The molecule has 8 rings (SSSR count). The van der Waals surface area contributed by atoms with E-state index in [4.69, 9.17) is 86.9 Å². The minimum absolute atomic E-state index is 0.00493. The summed E-state index contributed by atoms with van der Waals surface area (Å²) in [4.78, 5) is 138. The Bertz CT molecular complexity index is 4720. The monoisotopic (exact) mass is 1950 g/mol. The van der Waals surface area contributed by atoms with Crippen LogP contribution >= 0.6 is 0 Å². The smallest absolute Gasteiger partial charge is 0.408 e. The Balaban J connectivity index is 0.607. The van der Waals surface area contributed by atoms with E-state index in [0.29, 0.717) is 239 Å². The number of aliphatic hydroxyl groups is 6. The first-order chi connectivity index (χ1) is 66.3. The van der Waals surface area contributed by atoms with Crippen LogP contribution in [0.5, 0.6) is 0 Å². The summed E-state index contributed by atoms with van der Waals surface area (Å²) >= 11 is 0. The molecule has 3 aliphatic rings. The minimum atomic E-state index is -2.07. The normalized spacial score (nSPS) is 15.8. The van der Waals surface area contributed by atoms with Crippen LogP contribution in [0, 0.1) is 18.7 Å². The van der Waals surface area contributed by atoms with Crippen LogP contribution in [0.25, 0.3) is 22.3 Å². The van der Waals surface area contributed by atoms with Gasteiger partial charge in [-0.15, -0.1) is 5.10 Å². The first kappa shape index (κ1) is 113. The number of nitrogens with zero attached hydrogens (tertiary/aromatic N) is 5. The van der Waals surface area contributed by atoms with Crippen molar-refractivity contribution in [3.8, 4) is 11.4 Å². The summed E-state index contributed by atoms with van der Waals surface area (Å²) in [6.07, 6.45) is -4.80. The third kappa shape index (κ3) is 37.4. The number of ether oxygens (including phenoxy) is 15. The van der Waals surface area contributed by atoms with Gasteiger partial charge in [-0.05, 0) is 132 Å². The van der Waals surface area contributed by atoms with Crippen LogP contribution in [-0.4, -0.2) is 342 Å².